The minimum atomic E-state index is -0.358. The molecular weight excluding hydrogens is 454 g/mol. The Morgan fingerprint density at radius 1 is 1.15 bits per heavy atom. The fourth-order valence-electron chi connectivity index (χ4n) is 2.21. The van der Waals surface area contributed by atoms with Crippen LogP contribution in [0.25, 0.3) is 11.0 Å². The molecule has 1 aromatic carbocycles. The predicted molar refractivity (Wildman–Crippen MR) is 93.9 cm³/mol. The van der Waals surface area contributed by atoms with Crippen LogP contribution in [0.1, 0.15) is 19.4 Å². The highest BCUT2D eigenvalue weighted by molar-refractivity contribution is 9.11. The van der Waals surface area contributed by atoms with Crippen LogP contribution in [0.2, 0.25) is 0 Å². The van der Waals surface area contributed by atoms with Crippen LogP contribution in [-0.2, 0) is 0 Å². The summed E-state index contributed by atoms with van der Waals surface area (Å²) in [6.07, 6.45) is 0. The summed E-state index contributed by atoms with van der Waals surface area (Å²) in [5, 5.41) is 0.908. The SMILES string of the molecule is CCN(CC)c1c(Br)cc2c(C)c(Br)c(=O)oc2c1Br. The molecule has 0 amide bonds. The van der Waals surface area contributed by atoms with E-state index in [9.17, 15) is 4.79 Å². The maximum atomic E-state index is 11.9. The first-order valence-corrected chi connectivity index (χ1v) is 8.66. The van der Waals surface area contributed by atoms with Crippen LogP contribution in [0.3, 0.4) is 0 Å². The maximum absolute atomic E-state index is 11.9. The largest absolute Gasteiger partial charge is 0.421 e. The highest BCUT2D eigenvalue weighted by Crippen LogP contribution is 2.41. The summed E-state index contributed by atoms with van der Waals surface area (Å²) in [6.45, 7) is 7.84. The quantitative estimate of drug-likeness (QED) is 0.579. The number of hydrogen-bond donors (Lipinski definition) is 0. The van der Waals surface area contributed by atoms with E-state index in [2.05, 4.69) is 66.5 Å². The molecule has 0 fully saturated rings. The molecule has 0 N–H and O–H groups in total. The molecule has 0 bridgehead atoms. The van der Waals surface area contributed by atoms with Gasteiger partial charge in [0.2, 0.25) is 0 Å². The molecule has 2 rings (SSSR count). The fraction of sp³-hybridized carbons (Fsp3) is 0.357. The van der Waals surface area contributed by atoms with E-state index in [1.807, 2.05) is 13.0 Å². The molecule has 0 atom stereocenters. The van der Waals surface area contributed by atoms with Crippen molar-refractivity contribution in [3.05, 3.63) is 35.5 Å². The molecule has 20 heavy (non-hydrogen) atoms. The van der Waals surface area contributed by atoms with Crippen LogP contribution >= 0.6 is 47.8 Å². The third-order valence-corrected chi connectivity index (χ3v) is 5.59. The third kappa shape index (κ3) is 2.57. The summed E-state index contributed by atoms with van der Waals surface area (Å²) in [4.78, 5) is 14.1. The Kier molecular flexibility index (Phi) is 4.97. The average molecular weight is 468 g/mol. The van der Waals surface area contributed by atoms with Crippen molar-refractivity contribution >= 4 is 64.4 Å². The lowest BCUT2D eigenvalue weighted by Gasteiger charge is -2.24. The number of anilines is 1. The number of nitrogens with zero attached hydrogens (tertiary/aromatic N) is 1. The Morgan fingerprint density at radius 3 is 2.30 bits per heavy atom. The minimum Gasteiger partial charge on any atom is -0.421 e. The average Bonchev–Trinajstić information content (AvgIpc) is 2.42. The van der Waals surface area contributed by atoms with Crippen molar-refractivity contribution in [2.75, 3.05) is 18.0 Å². The van der Waals surface area contributed by atoms with E-state index in [1.54, 1.807) is 0 Å². The van der Waals surface area contributed by atoms with Crippen molar-refractivity contribution in [2.45, 2.75) is 20.8 Å². The normalized spacial score (nSPS) is 11.1. The number of fused-ring (bicyclic) bond motifs is 1. The second-order valence-electron chi connectivity index (χ2n) is 4.40. The lowest BCUT2D eigenvalue weighted by molar-refractivity contribution is 0.553. The first kappa shape index (κ1) is 16.0. The Morgan fingerprint density at radius 2 is 1.75 bits per heavy atom. The number of benzene rings is 1. The molecule has 0 radical (unpaired) electrons. The van der Waals surface area contributed by atoms with Gasteiger partial charge < -0.3 is 9.32 Å². The second kappa shape index (κ2) is 6.20. The minimum absolute atomic E-state index is 0.358. The summed E-state index contributed by atoms with van der Waals surface area (Å²) in [5.74, 6) is 0. The van der Waals surface area contributed by atoms with Crippen molar-refractivity contribution in [1.29, 1.82) is 0 Å². The highest BCUT2D eigenvalue weighted by atomic mass is 79.9. The first-order valence-electron chi connectivity index (χ1n) is 6.28. The summed E-state index contributed by atoms with van der Waals surface area (Å²) >= 11 is 10.5. The molecule has 1 aromatic heterocycles. The van der Waals surface area contributed by atoms with Gasteiger partial charge >= 0.3 is 5.63 Å². The van der Waals surface area contributed by atoms with E-state index in [1.165, 1.54) is 0 Å². The second-order valence-corrected chi connectivity index (χ2v) is 6.84. The van der Waals surface area contributed by atoms with Gasteiger partial charge in [-0.05, 0) is 80.2 Å². The number of hydrogen-bond acceptors (Lipinski definition) is 3. The van der Waals surface area contributed by atoms with Crippen LogP contribution < -0.4 is 10.5 Å². The zero-order valence-corrected chi connectivity index (χ0v) is 16.1. The number of rotatable bonds is 3. The van der Waals surface area contributed by atoms with E-state index in [0.29, 0.717) is 10.1 Å². The Hall–Kier alpha value is -0.330. The first-order chi connectivity index (χ1) is 9.42. The monoisotopic (exact) mass is 465 g/mol. The molecule has 0 aliphatic rings. The Bertz CT molecular complexity index is 721. The van der Waals surface area contributed by atoms with Crippen LogP contribution in [0.5, 0.6) is 0 Å². The van der Waals surface area contributed by atoms with Crippen molar-refractivity contribution < 1.29 is 4.42 Å². The van der Waals surface area contributed by atoms with Crippen LogP contribution in [0.15, 0.2) is 28.7 Å². The zero-order chi connectivity index (χ0) is 15.0. The standard InChI is InChI=1S/C14H14Br3NO2/c1-4-18(5-2)12-9(15)6-8-7(3)10(16)14(19)20-13(8)11(12)17/h6H,4-5H2,1-3H3. The topological polar surface area (TPSA) is 33.5 Å². The Balaban J connectivity index is 2.89. The van der Waals surface area contributed by atoms with Gasteiger partial charge in [0.05, 0.1) is 10.2 Å². The lowest BCUT2D eigenvalue weighted by atomic mass is 10.1. The summed E-state index contributed by atoms with van der Waals surface area (Å²) in [7, 11) is 0. The number of aryl methyl sites for hydroxylation is 1. The summed E-state index contributed by atoms with van der Waals surface area (Å²) < 4.78 is 7.69. The molecular formula is C14H14Br3NO2. The zero-order valence-electron chi connectivity index (χ0n) is 11.4. The smallest absolute Gasteiger partial charge is 0.350 e. The van der Waals surface area contributed by atoms with Gasteiger partial charge in [0.15, 0.2) is 5.58 Å². The summed E-state index contributed by atoms with van der Waals surface area (Å²) in [5.41, 5.74) is 2.11. The molecule has 6 heteroatoms. The maximum Gasteiger partial charge on any atom is 0.350 e. The van der Waals surface area contributed by atoms with Crippen molar-refractivity contribution in [2.24, 2.45) is 0 Å². The van der Waals surface area contributed by atoms with Crippen molar-refractivity contribution in [3.8, 4) is 0 Å². The molecule has 2 aromatic rings. The van der Waals surface area contributed by atoms with Gasteiger partial charge in [-0.3, -0.25) is 0 Å². The molecule has 0 saturated carbocycles. The predicted octanol–water partition coefficient (Wildman–Crippen LogP) is 5.24. The van der Waals surface area contributed by atoms with Gasteiger partial charge in [-0.1, -0.05) is 0 Å². The molecule has 0 aliphatic heterocycles. The molecule has 0 spiro atoms. The summed E-state index contributed by atoms with van der Waals surface area (Å²) in [6, 6.07) is 2.00. The molecule has 3 nitrogen and oxygen atoms in total. The molecule has 1 heterocycles. The number of halogens is 3. The van der Waals surface area contributed by atoms with Gasteiger partial charge in [0, 0.05) is 22.9 Å². The van der Waals surface area contributed by atoms with E-state index in [0.717, 1.165) is 38.7 Å². The van der Waals surface area contributed by atoms with Crippen molar-refractivity contribution in [1.82, 2.24) is 0 Å². The Labute approximate surface area is 142 Å². The van der Waals surface area contributed by atoms with E-state index >= 15 is 0 Å². The van der Waals surface area contributed by atoms with E-state index in [-0.39, 0.29) is 5.63 Å². The fourth-order valence-corrected chi connectivity index (χ4v) is 4.21. The van der Waals surface area contributed by atoms with E-state index in [4.69, 9.17) is 4.42 Å². The van der Waals surface area contributed by atoms with Crippen LogP contribution in [0.4, 0.5) is 5.69 Å². The van der Waals surface area contributed by atoms with Gasteiger partial charge in [0.1, 0.15) is 4.47 Å². The van der Waals surface area contributed by atoms with Gasteiger partial charge in [-0.15, -0.1) is 0 Å². The van der Waals surface area contributed by atoms with Crippen LogP contribution in [-0.4, -0.2) is 13.1 Å². The molecule has 108 valence electrons. The van der Waals surface area contributed by atoms with Gasteiger partial charge in [-0.2, -0.15) is 0 Å². The van der Waals surface area contributed by atoms with Gasteiger partial charge in [0.25, 0.3) is 0 Å². The third-order valence-electron chi connectivity index (χ3n) is 3.34. The van der Waals surface area contributed by atoms with Crippen LogP contribution in [0, 0.1) is 6.92 Å². The van der Waals surface area contributed by atoms with Crippen molar-refractivity contribution in [3.63, 3.8) is 0 Å². The van der Waals surface area contributed by atoms with Gasteiger partial charge in [-0.25, -0.2) is 4.79 Å². The van der Waals surface area contributed by atoms with E-state index < -0.39 is 0 Å². The highest BCUT2D eigenvalue weighted by Gasteiger charge is 2.19. The molecule has 0 saturated heterocycles. The molecule has 0 aliphatic carbocycles. The lowest BCUT2D eigenvalue weighted by Crippen LogP contribution is -2.23. The molecule has 0 unspecified atom stereocenters.